The minimum Gasteiger partial charge on any atom is -0.462 e. The molecule has 0 fully saturated rings. The number of halogens is 1. The van der Waals surface area contributed by atoms with Crippen LogP contribution < -0.4 is 11.1 Å². The van der Waals surface area contributed by atoms with Gasteiger partial charge in [0.2, 0.25) is 0 Å². The minimum absolute atomic E-state index is 0.0551. The van der Waals surface area contributed by atoms with E-state index in [0.717, 1.165) is 6.07 Å². The zero-order valence-electron chi connectivity index (χ0n) is 11.0. The Bertz CT molecular complexity index is 615. The number of ether oxygens (including phenoxy) is 1. The van der Waals surface area contributed by atoms with Gasteiger partial charge in [0.1, 0.15) is 5.82 Å². The maximum atomic E-state index is 13.9. The van der Waals surface area contributed by atoms with Crippen LogP contribution in [0.25, 0.3) is 0 Å². The number of hydrogen-bond acceptors (Lipinski definition) is 4. The van der Waals surface area contributed by atoms with Crippen LogP contribution in [0.5, 0.6) is 0 Å². The van der Waals surface area contributed by atoms with Crippen molar-refractivity contribution in [2.45, 2.75) is 6.92 Å². The van der Waals surface area contributed by atoms with E-state index < -0.39 is 11.8 Å². The molecule has 0 unspecified atom stereocenters. The van der Waals surface area contributed by atoms with E-state index >= 15 is 0 Å². The molecule has 0 bridgehead atoms. The average Bonchev–Trinajstić information content (AvgIpc) is 2.43. The van der Waals surface area contributed by atoms with Gasteiger partial charge in [0, 0.05) is 11.4 Å². The third-order valence-electron chi connectivity index (χ3n) is 2.69. The first-order valence-corrected chi connectivity index (χ1v) is 6.20. The van der Waals surface area contributed by atoms with Gasteiger partial charge in [0.25, 0.3) is 0 Å². The predicted octanol–water partition coefficient (Wildman–Crippen LogP) is 3.33. The van der Waals surface area contributed by atoms with E-state index in [4.69, 9.17) is 10.5 Å². The lowest BCUT2D eigenvalue weighted by molar-refractivity contribution is 0.0527. The van der Waals surface area contributed by atoms with Gasteiger partial charge in [-0.2, -0.15) is 0 Å². The molecule has 0 aliphatic heterocycles. The van der Waals surface area contributed by atoms with Crippen molar-refractivity contribution in [1.29, 1.82) is 0 Å². The highest BCUT2D eigenvalue weighted by molar-refractivity contribution is 5.96. The van der Waals surface area contributed by atoms with Gasteiger partial charge < -0.3 is 15.8 Å². The minimum atomic E-state index is -0.568. The van der Waals surface area contributed by atoms with Gasteiger partial charge in [0.05, 0.1) is 17.9 Å². The lowest BCUT2D eigenvalue weighted by Crippen LogP contribution is -2.09. The monoisotopic (exact) mass is 274 g/mol. The molecular formula is C15H15FN2O2. The Kier molecular flexibility index (Phi) is 4.20. The summed E-state index contributed by atoms with van der Waals surface area (Å²) in [4.78, 5) is 11.7. The number of benzene rings is 2. The Hall–Kier alpha value is -2.56. The van der Waals surface area contributed by atoms with E-state index in [-0.39, 0.29) is 23.5 Å². The number of rotatable bonds is 4. The number of nitrogens with two attached hydrogens (primary N) is 1. The molecule has 4 nitrogen and oxygen atoms in total. The molecule has 0 spiro atoms. The lowest BCUT2D eigenvalue weighted by atomic mass is 10.1. The number of para-hydroxylation sites is 1. The summed E-state index contributed by atoms with van der Waals surface area (Å²) >= 11 is 0. The van der Waals surface area contributed by atoms with E-state index in [2.05, 4.69) is 5.32 Å². The summed E-state index contributed by atoms with van der Waals surface area (Å²) < 4.78 is 18.8. The van der Waals surface area contributed by atoms with Crippen LogP contribution in [0, 0.1) is 5.82 Å². The second kappa shape index (κ2) is 6.06. The van der Waals surface area contributed by atoms with Gasteiger partial charge in [-0.15, -0.1) is 0 Å². The number of esters is 1. The van der Waals surface area contributed by atoms with Gasteiger partial charge in [-0.1, -0.05) is 18.2 Å². The Morgan fingerprint density at radius 2 is 2.00 bits per heavy atom. The molecule has 20 heavy (non-hydrogen) atoms. The van der Waals surface area contributed by atoms with Crippen LogP contribution in [-0.2, 0) is 4.74 Å². The summed E-state index contributed by atoms with van der Waals surface area (Å²) in [5, 5.41) is 2.90. The van der Waals surface area contributed by atoms with E-state index in [0.29, 0.717) is 5.69 Å². The molecule has 0 saturated heterocycles. The number of hydrogen-bond donors (Lipinski definition) is 2. The summed E-state index contributed by atoms with van der Waals surface area (Å²) in [6.45, 7) is 1.93. The highest BCUT2D eigenvalue weighted by atomic mass is 19.1. The van der Waals surface area contributed by atoms with Crippen LogP contribution in [0.2, 0.25) is 0 Å². The normalized spacial score (nSPS) is 10.1. The summed E-state index contributed by atoms with van der Waals surface area (Å²) in [6.07, 6.45) is 0. The highest BCUT2D eigenvalue weighted by Gasteiger charge is 2.15. The standard InChI is InChI=1S/C15H15FN2O2/c1-2-20-15(19)11-8-14(12(16)9-13(11)17)18-10-6-4-3-5-7-10/h3-9,18H,2,17H2,1H3. The fourth-order valence-corrected chi connectivity index (χ4v) is 1.75. The quantitative estimate of drug-likeness (QED) is 0.663. The SMILES string of the molecule is CCOC(=O)c1cc(Nc2ccccc2)c(F)cc1N. The Balaban J connectivity index is 2.34. The third kappa shape index (κ3) is 3.06. The molecule has 0 aromatic heterocycles. The molecule has 2 aromatic rings. The summed E-state index contributed by atoms with van der Waals surface area (Å²) in [7, 11) is 0. The number of nitrogens with one attached hydrogen (secondary N) is 1. The molecule has 0 radical (unpaired) electrons. The number of anilines is 3. The van der Waals surface area contributed by atoms with E-state index in [1.54, 1.807) is 19.1 Å². The second-order valence-electron chi connectivity index (χ2n) is 4.13. The largest absolute Gasteiger partial charge is 0.462 e. The summed E-state index contributed by atoms with van der Waals surface area (Å²) in [5.74, 6) is -1.10. The smallest absolute Gasteiger partial charge is 0.340 e. The Morgan fingerprint density at radius 1 is 1.30 bits per heavy atom. The molecule has 0 atom stereocenters. The van der Waals surface area contributed by atoms with E-state index in [1.807, 2.05) is 18.2 Å². The summed E-state index contributed by atoms with van der Waals surface area (Å²) in [5.41, 5.74) is 6.73. The van der Waals surface area contributed by atoms with Crippen molar-refractivity contribution in [3.63, 3.8) is 0 Å². The first-order chi connectivity index (χ1) is 9.61. The Morgan fingerprint density at radius 3 is 2.65 bits per heavy atom. The second-order valence-corrected chi connectivity index (χ2v) is 4.13. The van der Waals surface area contributed by atoms with E-state index in [9.17, 15) is 9.18 Å². The number of carbonyl (C=O) groups excluding carboxylic acids is 1. The molecule has 5 heteroatoms. The van der Waals surface area contributed by atoms with Crippen molar-refractivity contribution >= 4 is 23.0 Å². The molecule has 104 valence electrons. The molecule has 3 N–H and O–H groups in total. The number of carbonyl (C=O) groups is 1. The van der Waals surface area contributed by atoms with Crippen LogP contribution in [-0.4, -0.2) is 12.6 Å². The topological polar surface area (TPSA) is 64.3 Å². The maximum absolute atomic E-state index is 13.9. The van der Waals surface area contributed by atoms with Gasteiger partial charge in [-0.05, 0) is 31.2 Å². The van der Waals surface area contributed by atoms with Crippen molar-refractivity contribution in [3.8, 4) is 0 Å². The highest BCUT2D eigenvalue weighted by Crippen LogP contribution is 2.25. The molecule has 0 amide bonds. The van der Waals surface area contributed by atoms with Gasteiger partial charge in [0.15, 0.2) is 0 Å². The van der Waals surface area contributed by atoms with Crippen LogP contribution in [0.3, 0.4) is 0 Å². The molecule has 0 saturated carbocycles. The molecular weight excluding hydrogens is 259 g/mol. The molecule has 2 rings (SSSR count). The van der Waals surface area contributed by atoms with Gasteiger partial charge in [-0.25, -0.2) is 9.18 Å². The van der Waals surface area contributed by atoms with Crippen LogP contribution in [0.15, 0.2) is 42.5 Å². The first-order valence-electron chi connectivity index (χ1n) is 6.20. The number of nitrogen functional groups attached to an aromatic ring is 1. The maximum Gasteiger partial charge on any atom is 0.340 e. The fourth-order valence-electron chi connectivity index (χ4n) is 1.75. The van der Waals surface area contributed by atoms with Crippen LogP contribution in [0.4, 0.5) is 21.5 Å². The van der Waals surface area contributed by atoms with Crippen molar-refractivity contribution < 1.29 is 13.9 Å². The van der Waals surface area contributed by atoms with Crippen LogP contribution >= 0.6 is 0 Å². The molecule has 2 aromatic carbocycles. The van der Waals surface area contributed by atoms with Gasteiger partial charge >= 0.3 is 5.97 Å². The zero-order chi connectivity index (χ0) is 14.5. The summed E-state index contributed by atoms with van der Waals surface area (Å²) in [6, 6.07) is 11.6. The average molecular weight is 274 g/mol. The van der Waals surface area contributed by atoms with Crippen molar-refractivity contribution in [3.05, 3.63) is 53.8 Å². The van der Waals surface area contributed by atoms with Gasteiger partial charge in [-0.3, -0.25) is 0 Å². The molecule has 0 aliphatic carbocycles. The predicted molar refractivity (Wildman–Crippen MR) is 76.5 cm³/mol. The van der Waals surface area contributed by atoms with E-state index in [1.165, 1.54) is 6.07 Å². The fraction of sp³-hybridized carbons (Fsp3) is 0.133. The molecule has 0 heterocycles. The molecule has 0 aliphatic rings. The van der Waals surface area contributed by atoms with Crippen molar-refractivity contribution in [2.75, 3.05) is 17.7 Å². The van der Waals surface area contributed by atoms with Crippen molar-refractivity contribution in [2.24, 2.45) is 0 Å². The van der Waals surface area contributed by atoms with Crippen molar-refractivity contribution in [1.82, 2.24) is 0 Å². The zero-order valence-corrected chi connectivity index (χ0v) is 11.0. The lowest BCUT2D eigenvalue weighted by Gasteiger charge is -2.11. The first kappa shape index (κ1) is 13.9. The Labute approximate surface area is 116 Å². The third-order valence-corrected chi connectivity index (χ3v) is 2.69. The van der Waals surface area contributed by atoms with Crippen LogP contribution in [0.1, 0.15) is 17.3 Å².